The highest BCUT2D eigenvalue weighted by Gasteiger charge is 2.05. The van der Waals surface area contributed by atoms with E-state index in [1.165, 1.54) is 0 Å². The summed E-state index contributed by atoms with van der Waals surface area (Å²) in [4.78, 5) is 11.7. The summed E-state index contributed by atoms with van der Waals surface area (Å²) in [6, 6.07) is 9.22. The van der Waals surface area contributed by atoms with Crippen LogP contribution in [0.3, 0.4) is 0 Å². The number of hydrogen-bond acceptors (Lipinski definition) is 3. The molecule has 1 N–H and O–H groups in total. The van der Waals surface area contributed by atoms with Crippen LogP contribution in [0.4, 0.5) is 0 Å². The lowest BCUT2D eigenvalue weighted by Crippen LogP contribution is -2.24. The minimum atomic E-state index is -0.144. The Kier molecular flexibility index (Phi) is 7.06. The number of ether oxygens (including phenoxy) is 2. The van der Waals surface area contributed by atoms with E-state index >= 15 is 0 Å². The van der Waals surface area contributed by atoms with Crippen LogP contribution in [0, 0.1) is 0 Å². The summed E-state index contributed by atoms with van der Waals surface area (Å²) in [5.41, 5.74) is 0.698. The van der Waals surface area contributed by atoms with Crippen LogP contribution >= 0.6 is 0 Å². The molecule has 1 aromatic carbocycles. The molecule has 4 nitrogen and oxygen atoms in total. The lowest BCUT2D eigenvalue weighted by Gasteiger charge is -2.12. The first-order valence-electron chi connectivity index (χ1n) is 6.16. The summed E-state index contributed by atoms with van der Waals surface area (Å²) in [7, 11) is 3.26. The van der Waals surface area contributed by atoms with Crippen molar-refractivity contribution in [1.29, 1.82) is 0 Å². The maximum absolute atomic E-state index is 11.7. The van der Waals surface area contributed by atoms with Gasteiger partial charge >= 0.3 is 0 Å². The summed E-state index contributed by atoms with van der Waals surface area (Å²) in [5, 5.41) is 2.89. The molecule has 0 radical (unpaired) electrons. The van der Waals surface area contributed by atoms with Crippen LogP contribution in [0.25, 0.3) is 0 Å². The summed E-state index contributed by atoms with van der Waals surface area (Å²) < 4.78 is 10.2. The molecule has 0 fully saturated rings. The zero-order valence-electron chi connectivity index (χ0n) is 11.0. The molecule has 0 saturated carbocycles. The fraction of sp³-hybridized carbons (Fsp3) is 0.500. The zero-order valence-corrected chi connectivity index (χ0v) is 11.0. The molecule has 0 saturated heterocycles. The molecular weight excluding hydrogens is 230 g/mol. The van der Waals surface area contributed by atoms with Crippen molar-refractivity contribution >= 4 is 5.91 Å². The number of hydrogen-bond donors (Lipinski definition) is 1. The molecule has 0 aliphatic rings. The van der Waals surface area contributed by atoms with Crippen LogP contribution in [0.1, 0.15) is 29.6 Å². The predicted octanol–water partition coefficient (Wildman–Crippen LogP) is 2.21. The number of benzene rings is 1. The average Bonchev–Trinajstić information content (AvgIpc) is 2.43. The van der Waals surface area contributed by atoms with Gasteiger partial charge in [0.15, 0.2) is 6.29 Å². The maximum atomic E-state index is 11.7. The first kappa shape index (κ1) is 14.7. The number of carbonyl (C=O) groups is 1. The molecule has 4 heteroatoms. The van der Waals surface area contributed by atoms with E-state index in [-0.39, 0.29) is 12.2 Å². The molecule has 1 rings (SSSR count). The van der Waals surface area contributed by atoms with Gasteiger partial charge < -0.3 is 14.8 Å². The molecule has 18 heavy (non-hydrogen) atoms. The van der Waals surface area contributed by atoms with E-state index in [1.54, 1.807) is 26.4 Å². The van der Waals surface area contributed by atoms with Crippen molar-refractivity contribution in [2.45, 2.75) is 25.6 Å². The molecule has 0 aliphatic heterocycles. The predicted molar refractivity (Wildman–Crippen MR) is 70.4 cm³/mol. The van der Waals surface area contributed by atoms with Crippen LogP contribution in [0.2, 0.25) is 0 Å². The fourth-order valence-corrected chi connectivity index (χ4v) is 1.66. The van der Waals surface area contributed by atoms with E-state index in [0.29, 0.717) is 12.1 Å². The van der Waals surface area contributed by atoms with Gasteiger partial charge in [0.2, 0.25) is 0 Å². The molecule has 0 aliphatic carbocycles. The van der Waals surface area contributed by atoms with Gasteiger partial charge in [-0.05, 0) is 31.4 Å². The highest BCUT2D eigenvalue weighted by atomic mass is 16.7. The number of carbonyl (C=O) groups excluding carboxylic acids is 1. The largest absolute Gasteiger partial charge is 0.356 e. The first-order chi connectivity index (χ1) is 8.77. The molecule has 0 aromatic heterocycles. The van der Waals surface area contributed by atoms with Crippen LogP contribution in [-0.4, -0.2) is 33.0 Å². The first-order valence-corrected chi connectivity index (χ1v) is 6.16. The number of amides is 1. The Morgan fingerprint density at radius 3 is 2.44 bits per heavy atom. The lowest BCUT2D eigenvalue weighted by atomic mass is 10.2. The van der Waals surface area contributed by atoms with E-state index in [4.69, 9.17) is 9.47 Å². The van der Waals surface area contributed by atoms with E-state index in [0.717, 1.165) is 19.3 Å². The van der Waals surface area contributed by atoms with E-state index < -0.39 is 0 Å². The molecule has 0 bridgehead atoms. The Bertz CT molecular complexity index is 336. The summed E-state index contributed by atoms with van der Waals surface area (Å²) in [6.45, 7) is 0.674. The minimum absolute atomic E-state index is 0.0226. The maximum Gasteiger partial charge on any atom is 0.251 e. The lowest BCUT2D eigenvalue weighted by molar-refractivity contribution is -0.107. The van der Waals surface area contributed by atoms with Crippen LogP contribution in [-0.2, 0) is 9.47 Å². The van der Waals surface area contributed by atoms with Gasteiger partial charge in [-0.15, -0.1) is 0 Å². The number of methoxy groups -OCH3 is 2. The molecule has 1 amide bonds. The highest BCUT2D eigenvalue weighted by molar-refractivity contribution is 5.94. The van der Waals surface area contributed by atoms with Gasteiger partial charge in [-0.2, -0.15) is 0 Å². The summed E-state index contributed by atoms with van der Waals surface area (Å²) in [6.07, 6.45) is 2.58. The van der Waals surface area contributed by atoms with Crippen LogP contribution < -0.4 is 5.32 Å². The third-order valence-corrected chi connectivity index (χ3v) is 2.71. The number of rotatable bonds is 8. The number of nitrogens with one attached hydrogen (secondary N) is 1. The molecule has 0 atom stereocenters. The van der Waals surface area contributed by atoms with Gasteiger partial charge in [0.1, 0.15) is 0 Å². The third-order valence-electron chi connectivity index (χ3n) is 2.71. The molecule has 100 valence electrons. The molecule has 0 unspecified atom stereocenters. The molecule has 0 spiro atoms. The van der Waals surface area contributed by atoms with Crippen molar-refractivity contribution in [2.75, 3.05) is 20.8 Å². The summed E-state index contributed by atoms with van der Waals surface area (Å²) in [5.74, 6) is -0.0226. The van der Waals surface area contributed by atoms with Crippen molar-refractivity contribution in [3.8, 4) is 0 Å². The second-order valence-corrected chi connectivity index (χ2v) is 4.02. The van der Waals surface area contributed by atoms with Crippen molar-refractivity contribution in [1.82, 2.24) is 5.32 Å². The van der Waals surface area contributed by atoms with E-state index in [2.05, 4.69) is 5.32 Å². The monoisotopic (exact) mass is 251 g/mol. The number of unbranched alkanes of at least 4 members (excludes halogenated alkanes) is 1. The molecule has 1 aromatic rings. The Morgan fingerprint density at radius 1 is 1.17 bits per heavy atom. The second-order valence-electron chi connectivity index (χ2n) is 4.02. The smallest absolute Gasteiger partial charge is 0.251 e. The molecule has 0 heterocycles. The minimum Gasteiger partial charge on any atom is -0.356 e. The van der Waals surface area contributed by atoms with Gasteiger partial charge in [-0.25, -0.2) is 0 Å². The van der Waals surface area contributed by atoms with Crippen molar-refractivity contribution < 1.29 is 14.3 Å². The standard InChI is InChI=1S/C14H21NO3/c1-17-13(18-2)10-6-7-11-15-14(16)12-8-4-3-5-9-12/h3-5,8-9,13H,6-7,10-11H2,1-2H3,(H,15,16). The van der Waals surface area contributed by atoms with Crippen molar-refractivity contribution in [3.05, 3.63) is 35.9 Å². The third kappa shape index (κ3) is 5.29. The van der Waals surface area contributed by atoms with Gasteiger partial charge in [-0.1, -0.05) is 18.2 Å². The Balaban J connectivity index is 2.13. The topological polar surface area (TPSA) is 47.6 Å². The van der Waals surface area contributed by atoms with E-state index in [9.17, 15) is 4.79 Å². The fourth-order valence-electron chi connectivity index (χ4n) is 1.66. The summed E-state index contributed by atoms with van der Waals surface area (Å²) >= 11 is 0. The Hall–Kier alpha value is -1.39. The van der Waals surface area contributed by atoms with Gasteiger partial charge in [0.25, 0.3) is 5.91 Å². The Morgan fingerprint density at radius 2 is 1.83 bits per heavy atom. The zero-order chi connectivity index (χ0) is 13.2. The Labute approximate surface area is 108 Å². The SMILES string of the molecule is COC(CCCCNC(=O)c1ccccc1)OC. The van der Waals surface area contributed by atoms with Gasteiger partial charge in [-0.3, -0.25) is 4.79 Å². The van der Waals surface area contributed by atoms with Crippen LogP contribution in [0.15, 0.2) is 30.3 Å². The second kappa shape index (κ2) is 8.66. The van der Waals surface area contributed by atoms with Crippen LogP contribution in [0.5, 0.6) is 0 Å². The van der Waals surface area contributed by atoms with Gasteiger partial charge in [0, 0.05) is 26.3 Å². The van der Waals surface area contributed by atoms with Crippen molar-refractivity contribution in [2.24, 2.45) is 0 Å². The quantitative estimate of drug-likeness (QED) is 0.569. The van der Waals surface area contributed by atoms with E-state index in [1.807, 2.05) is 18.2 Å². The average molecular weight is 251 g/mol. The highest BCUT2D eigenvalue weighted by Crippen LogP contribution is 2.04. The molecular formula is C14H21NO3. The van der Waals surface area contributed by atoms with Crippen molar-refractivity contribution in [3.63, 3.8) is 0 Å². The van der Waals surface area contributed by atoms with Gasteiger partial charge in [0.05, 0.1) is 0 Å². The normalized spacial score (nSPS) is 10.6.